The molecule has 1 aromatic carbocycles. The van der Waals surface area contributed by atoms with E-state index in [1.165, 1.54) is 13.2 Å². The lowest BCUT2D eigenvalue weighted by atomic mass is 10.1. The first-order valence-electron chi connectivity index (χ1n) is 6.36. The second kappa shape index (κ2) is 8.18. The number of hydrogen-bond donors (Lipinski definition) is 0. The number of methoxy groups -OCH3 is 1. The Morgan fingerprint density at radius 1 is 1.38 bits per heavy atom. The SMILES string of the molecule is CCOC(=O)C(C#N)=Cc1cc(Cl)c(OC)c(OCC)c1. The molecule has 6 heteroatoms. The highest BCUT2D eigenvalue weighted by Gasteiger charge is 2.14. The van der Waals surface area contributed by atoms with Gasteiger partial charge in [0, 0.05) is 0 Å². The van der Waals surface area contributed by atoms with E-state index in [1.807, 2.05) is 6.92 Å². The molecular formula is C15H16ClNO4. The quantitative estimate of drug-likeness (QED) is 0.458. The van der Waals surface area contributed by atoms with Crippen LogP contribution in [0.25, 0.3) is 6.08 Å². The maximum Gasteiger partial charge on any atom is 0.348 e. The van der Waals surface area contributed by atoms with Gasteiger partial charge in [-0.15, -0.1) is 0 Å². The van der Waals surface area contributed by atoms with Crippen LogP contribution in [0.15, 0.2) is 17.7 Å². The summed E-state index contributed by atoms with van der Waals surface area (Å²) in [6.45, 7) is 4.13. The van der Waals surface area contributed by atoms with Crippen LogP contribution in [0.3, 0.4) is 0 Å². The van der Waals surface area contributed by atoms with E-state index in [1.54, 1.807) is 25.1 Å². The molecule has 0 atom stereocenters. The molecule has 0 N–H and O–H groups in total. The molecule has 0 saturated heterocycles. The molecule has 0 fully saturated rings. The predicted molar refractivity (Wildman–Crippen MR) is 79.4 cm³/mol. The van der Waals surface area contributed by atoms with Crippen molar-refractivity contribution in [3.63, 3.8) is 0 Å². The van der Waals surface area contributed by atoms with E-state index in [0.29, 0.717) is 28.7 Å². The van der Waals surface area contributed by atoms with Crippen molar-refractivity contribution in [3.05, 3.63) is 28.3 Å². The molecule has 0 unspecified atom stereocenters. The summed E-state index contributed by atoms with van der Waals surface area (Å²) < 4.78 is 15.4. The average Bonchev–Trinajstić information content (AvgIpc) is 2.45. The third-order valence-electron chi connectivity index (χ3n) is 2.46. The molecule has 0 bridgehead atoms. The van der Waals surface area contributed by atoms with Gasteiger partial charge in [0.2, 0.25) is 0 Å². The number of benzene rings is 1. The Morgan fingerprint density at radius 3 is 2.62 bits per heavy atom. The first-order chi connectivity index (χ1) is 10.1. The van der Waals surface area contributed by atoms with Gasteiger partial charge >= 0.3 is 5.97 Å². The number of carbonyl (C=O) groups excluding carboxylic acids is 1. The van der Waals surface area contributed by atoms with E-state index in [9.17, 15) is 4.79 Å². The van der Waals surface area contributed by atoms with Gasteiger partial charge in [-0.2, -0.15) is 5.26 Å². The van der Waals surface area contributed by atoms with Crippen LogP contribution in [0.4, 0.5) is 0 Å². The summed E-state index contributed by atoms with van der Waals surface area (Å²) in [5, 5.41) is 9.35. The number of carbonyl (C=O) groups is 1. The third kappa shape index (κ3) is 4.40. The lowest BCUT2D eigenvalue weighted by Crippen LogP contribution is -2.06. The molecule has 0 radical (unpaired) electrons. The van der Waals surface area contributed by atoms with Gasteiger partial charge in [0.15, 0.2) is 11.5 Å². The van der Waals surface area contributed by atoms with Gasteiger partial charge in [-0.25, -0.2) is 4.79 Å². The minimum atomic E-state index is -0.676. The van der Waals surface area contributed by atoms with Crippen LogP contribution in [-0.2, 0) is 9.53 Å². The summed E-state index contributed by atoms with van der Waals surface area (Å²) in [4.78, 5) is 11.6. The van der Waals surface area contributed by atoms with Crippen molar-refractivity contribution in [2.45, 2.75) is 13.8 Å². The minimum absolute atomic E-state index is 0.111. The molecule has 0 amide bonds. The molecule has 112 valence electrons. The molecule has 0 spiro atoms. The first kappa shape index (κ1) is 16.9. The first-order valence-corrected chi connectivity index (χ1v) is 6.74. The lowest BCUT2D eigenvalue weighted by Gasteiger charge is -2.12. The fraction of sp³-hybridized carbons (Fsp3) is 0.333. The summed E-state index contributed by atoms with van der Waals surface area (Å²) in [7, 11) is 1.48. The fourth-order valence-corrected chi connectivity index (χ4v) is 1.94. The van der Waals surface area contributed by atoms with E-state index in [0.717, 1.165) is 0 Å². The van der Waals surface area contributed by atoms with Crippen molar-refractivity contribution >= 4 is 23.6 Å². The highest BCUT2D eigenvalue weighted by Crippen LogP contribution is 2.36. The number of ether oxygens (including phenoxy) is 3. The summed E-state index contributed by atoms with van der Waals surface area (Å²) in [6, 6.07) is 5.03. The summed E-state index contributed by atoms with van der Waals surface area (Å²) in [5.74, 6) is 0.176. The molecule has 0 aliphatic heterocycles. The van der Waals surface area contributed by atoms with Gasteiger partial charge in [0.1, 0.15) is 11.6 Å². The van der Waals surface area contributed by atoms with Gasteiger partial charge in [-0.1, -0.05) is 11.6 Å². The molecule has 0 heterocycles. The van der Waals surface area contributed by atoms with Gasteiger partial charge in [-0.05, 0) is 37.6 Å². The number of esters is 1. The Hall–Kier alpha value is -2.19. The van der Waals surface area contributed by atoms with Crippen molar-refractivity contribution in [2.75, 3.05) is 20.3 Å². The van der Waals surface area contributed by atoms with Crippen LogP contribution in [-0.4, -0.2) is 26.3 Å². The van der Waals surface area contributed by atoms with Gasteiger partial charge in [0.25, 0.3) is 0 Å². The molecule has 1 aromatic rings. The van der Waals surface area contributed by atoms with E-state index < -0.39 is 5.97 Å². The standard InChI is InChI=1S/C15H16ClNO4/c1-4-20-13-8-10(7-12(16)14(13)19-3)6-11(9-17)15(18)21-5-2/h6-8H,4-5H2,1-3H3. The normalized spacial score (nSPS) is 10.7. The van der Waals surface area contributed by atoms with Crippen molar-refractivity contribution in [3.8, 4) is 17.6 Å². The highest BCUT2D eigenvalue weighted by atomic mass is 35.5. The predicted octanol–water partition coefficient (Wildman–Crippen LogP) is 3.22. The summed E-state index contributed by atoms with van der Waals surface area (Å²) >= 11 is 6.10. The molecule has 5 nitrogen and oxygen atoms in total. The van der Waals surface area contributed by atoms with Crippen LogP contribution in [0.2, 0.25) is 5.02 Å². The van der Waals surface area contributed by atoms with E-state index >= 15 is 0 Å². The molecule has 0 aromatic heterocycles. The van der Waals surface area contributed by atoms with Crippen molar-refractivity contribution in [2.24, 2.45) is 0 Å². The van der Waals surface area contributed by atoms with Crippen LogP contribution in [0.1, 0.15) is 19.4 Å². The molecule has 21 heavy (non-hydrogen) atoms. The highest BCUT2D eigenvalue weighted by molar-refractivity contribution is 6.32. The zero-order valence-corrected chi connectivity index (χ0v) is 12.9. The van der Waals surface area contributed by atoms with Crippen LogP contribution >= 0.6 is 11.6 Å². The molecule has 0 aliphatic carbocycles. The van der Waals surface area contributed by atoms with E-state index in [2.05, 4.69) is 0 Å². The third-order valence-corrected chi connectivity index (χ3v) is 2.74. The van der Waals surface area contributed by atoms with Crippen molar-refractivity contribution in [1.29, 1.82) is 5.26 Å². The number of nitrogens with zero attached hydrogens (tertiary/aromatic N) is 1. The van der Waals surface area contributed by atoms with Crippen LogP contribution in [0.5, 0.6) is 11.5 Å². The molecule has 0 saturated carbocycles. The van der Waals surface area contributed by atoms with Crippen LogP contribution < -0.4 is 9.47 Å². The maximum atomic E-state index is 11.6. The largest absolute Gasteiger partial charge is 0.491 e. The smallest absolute Gasteiger partial charge is 0.348 e. The Bertz CT molecular complexity index is 590. The zero-order chi connectivity index (χ0) is 15.8. The second-order valence-corrected chi connectivity index (χ2v) is 4.26. The summed E-state index contributed by atoms with van der Waals surface area (Å²) in [5.41, 5.74) is 0.439. The fourth-order valence-electron chi connectivity index (χ4n) is 1.64. The number of rotatable bonds is 6. The second-order valence-electron chi connectivity index (χ2n) is 3.86. The topological polar surface area (TPSA) is 68.6 Å². The molecular weight excluding hydrogens is 294 g/mol. The maximum absolute atomic E-state index is 11.6. The van der Waals surface area contributed by atoms with Gasteiger partial charge < -0.3 is 14.2 Å². The van der Waals surface area contributed by atoms with Crippen molar-refractivity contribution < 1.29 is 19.0 Å². The lowest BCUT2D eigenvalue weighted by molar-refractivity contribution is -0.137. The molecule has 1 rings (SSSR count). The Morgan fingerprint density at radius 2 is 2.10 bits per heavy atom. The number of halogens is 1. The number of hydrogen-bond acceptors (Lipinski definition) is 5. The summed E-state index contributed by atoms with van der Waals surface area (Å²) in [6.07, 6.45) is 1.39. The Labute approximate surface area is 128 Å². The molecule has 0 aliphatic rings. The van der Waals surface area contributed by atoms with E-state index in [4.69, 9.17) is 31.1 Å². The minimum Gasteiger partial charge on any atom is -0.491 e. The van der Waals surface area contributed by atoms with Crippen molar-refractivity contribution in [1.82, 2.24) is 0 Å². The monoisotopic (exact) mass is 309 g/mol. The van der Waals surface area contributed by atoms with E-state index in [-0.39, 0.29) is 12.2 Å². The Balaban J connectivity index is 3.24. The van der Waals surface area contributed by atoms with Gasteiger partial charge in [0.05, 0.1) is 25.3 Å². The Kier molecular flexibility index (Phi) is 6.57. The number of nitriles is 1. The zero-order valence-electron chi connectivity index (χ0n) is 12.1. The van der Waals surface area contributed by atoms with Gasteiger partial charge in [-0.3, -0.25) is 0 Å². The average molecular weight is 310 g/mol. The van der Waals surface area contributed by atoms with Crippen LogP contribution in [0, 0.1) is 11.3 Å².